The van der Waals surface area contributed by atoms with Crippen LogP contribution in [0.5, 0.6) is 11.5 Å². The Labute approximate surface area is 251 Å². The molecular formula is C39H27BN2O. The molecule has 4 heteroatoms. The van der Waals surface area contributed by atoms with E-state index in [4.69, 9.17) is 4.74 Å². The molecule has 3 nitrogen and oxygen atoms in total. The second-order valence-electron chi connectivity index (χ2n) is 11.5. The molecule has 0 N–H and O–H groups in total. The molecule has 0 spiro atoms. The Morgan fingerprint density at radius 3 is 2.07 bits per heavy atom. The van der Waals surface area contributed by atoms with Gasteiger partial charge >= 0.3 is 0 Å². The average molecular weight is 550 g/mol. The molecule has 3 heterocycles. The first-order valence-electron chi connectivity index (χ1n) is 14.8. The first-order chi connectivity index (χ1) is 21.2. The molecule has 0 radical (unpaired) electrons. The zero-order valence-electron chi connectivity index (χ0n) is 23.7. The molecule has 2 aliphatic rings. The number of hydrogen-bond donors (Lipinski definition) is 0. The third-order valence-electron chi connectivity index (χ3n) is 8.97. The van der Waals surface area contributed by atoms with E-state index in [0.717, 1.165) is 39.7 Å². The zero-order chi connectivity index (χ0) is 28.5. The lowest BCUT2D eigenvalue weighted by molar-refractivity contribution is 0.487. The minimum Gasteiger partial charge on any atom is -0.458 e. The fourth-order valence-corrected chi connectivity index (χ4v) is 7.08. The normalized spacial score (nSPS) is 12.4. The Balaban J connectivity index is 1.18. The second-order valence-corrected chi connectivity index (χ2v) is 11.5. The molecule has 0 saturated heterocycles. The van der Waals surface area contributed by atoms with Crippen molar-refractivity contribution in [2.45, 2.75) is 6.92 Å². The number of anilines is 3. The van der Waals surface area contributed by atoms with Gasteiger partial charge in [0.05, 0.1) is 0 Å². The Hall–Kier alpha value is -5.48. The van der Waals surface area contributed by atoms with Crippen LogP contribution < -0.4 is 26.0 Å². The van der Waals surface area contributed by atoms with Crippen LogP contribution in [0.2, 0.25) is 0 Å². The maximum absolute atomic E-state index is 6.70. The van der Waals surface area contributed by atoms with Gasteiger partial charge in [-0.25, -0.2) is 0 Å². The number of fused-ring (bicyclic) bond motifs is 4. The molecular weight excluding hydrogens is 523 g/mol. The lowest BCUT2D eigenvalue weighted by atomic mass is 9.34. The summed E-state index contributed by atoms with van der Waals surface area (Å²) in [7, 11) is 0. The van der Waals surface area contributed by atoms with Crippen LogP contribution in [0, 0.1) is 6.92 Å². The Morgan fingerprint density at radius 1 is 0.581 bits per heavy atom. The molecule has 7 aromatic rings. The summed E-state index contributed by atoms with van der Waals surface area (Å²) in [6, 6.07) is 49.8. The van der Waals surface area contributed by atoms with Crippen LogP contribution in [0.3, 0.4) is 0 Å². The molecule has 1 aromatic heterocycles. The predicted molar refractivity (Wildman–Crippen MR) is 179 cm³/mol. The molecule has 43 heavy (non-hydrogen) atoms. The third kappa shape index (κ3) is 3.63. The van der Waals surface area contributed by atoms with Crippen molar-refractivity contribution in [3.05, 3.63) is 151 Å². The Kier molecular flexibility index (Phi) is 5.21. The molecule has 6 aromatic carbocycles. The smallest absolute Gasteiger partial charge is 0.256 e. The Morgan fingerprint density at radius 2 is 1.28 bits per heavy atom. The molecule has 0 amide bonds. The van der Waals surface area contributed by atoms with Crippen molar-refractivity contribution >= 4 is 51.1 Å². The molecule has 9 rings (SSSR count). The standard InChI is InChI=1S/C39H27BN2O/c1-26-25-41-35-19-10-20-36-38(35)40(34-18-9-17-32(26)39(34)41)33-22-21-28(24-37(33)43-36)27-11-8-16-31(23-27)42(29-12-4-2-5-13-29)30-14-6-3-7-15-30/h2-25H,1H3. The summed E-state index contributed by atoms with van der Waals surface area (Å²) in [5, 5.41) is 1.32. The summed E-state index contributed by atoms with van der Waals surface area (Å²) in [5.74, 6) is 1.86. The third-order valence-corrected chi connectivity index (χ3v) is 8.97. The monoisotopic (exact) mass is 550 g/mol. The van der Waals surface area contributed by atoms with Gasteiger partial charge in [0, 0.05) is 39.8 Å². The van der Waals surface area contributed by atoms with Crippen molar-refractivity contribution in [1.82, 2.24) is 4.57 Å². The molecule has 0 saturated carbocycles. The quantitative estimate of drug-likeness (QED) is 0.207. The molecule has 0 bridgehead atoms. The minimum absolute atomic E-state index is 0.132. The van der Waals surface area contributed by atoms with Gasteiger partial charge < -0.3 is 14.2 Å². The van der Waals surface area contributed by atoms with E-state index < -0.39 is 0 Å². The van der Waals surface area contributed by atoms with Gasteiger partial charge in [-0.15, -0.1) is 0 Å². The van der Waals surface area contributed by atoms with E-state index in [9.17, 15) is 0 Å². The van der Waals surface area contributed by atoms with Crippen LogP contribution in [0.25, 0.3) is 27.7 Å². The van der Waals surface area contributed by atoms with Gasteiger partial charge in [0.15, 0.2) is 0 Å². The van der Waals surface area contributed by atoms with Crippen LogP contribution >= 0.6 is 0 Å². The summed E-state index contributed by atoms with van der Waals surface area (Å²) < 4.78 is 9.05. The average Bonchev–Trinajstić information content (AvgIpc) is 3.41. The summed E-state index contributed by atoms with van der Waals surface area (Å²) in [6.45, 7) is 2.33. The summed E-state index contributed by atoms with van der Waals surface area (Å²) >= 11 is 0. The second kappa shape index (κ2) is 9.27. The van der Waals surface area contributed by atoms with Gasteiger partial charge in [0.2, 0.25) is 0 Å². The molecule has 0 fully saturated rings. The highest BCUT2D eigenvalue weighted by Gasteiger charge is 2.39. The minimum atomic E-state index is 0.132. The van der Waals surface area contributed by atoms with Gasteiger partial charge in [-0.05, 0) is 94.6 Å². The zero-order valence-corrected chi connectivity index (χ0v) is 23.7. The fourth-order valence-electron chi connectivity index (χ4n) is 7.08. The number of hydrogen-bond acceptors (Lipinski definition) is 2. The van der Waals surface area contributed by atoms with Crippen molar-refractivity contribution in [1.29, 1.82) is 0 Å². The number of nitrogens with zero attached hydrogens (tertiary/aromatic N) is 2. The van der Waals surface area contributed by atoms with Crippen LogP contribution in [0.4, 0.5) is 17.1 Å². The molecule has 0 atom stereocenters. The maximum atomic E-state index is 6.70. The van der Waals surface area contributed by atoms with Gasteiger partial charge in [-0.2, -0.15) is 0 Å². The first kappa shape index (κ1) is 24.2. The molecule has 0 unspecified atom stereocenters. The van der Waals surface area contributed by atoms with E-state index >= 15 is 0 Å². The van der Waals surface area contributed by atoms with Gasteiger partial charge in [0.25, 0.3) is 6.71 Å². The topological polar surface area (TPSA) is 17.4 Å². The highest BCUT2D eigenvalue weighted by molar-refractivity contribution is 6.99. The van der Waals surface area contributed by atoms with Crippen molar-refractivity contribution in [3.63, 3.8) is 0 Å². The number of ether oxygens (including phenoxy) is 1. The van der Waals surface area contributed by atoms with Gasteiger partial charge in [0.1, 0.15) is 11.5 Å². The maximum Gasteiger partial charge on any atom is 0.256 e. The number of rotatable bonds is 4. The van der Waals surface area contributed by atoms with E-state index in [1.807, 2.05) is 0 Å². The number of benzene rings is 6. The summed E-state index contributed by atoms with van der Waals surface area (Å²) in [4.78, 5) is 2.30. The molecule has 0 aliphatic carbocycles. The summed E-state index contributed by atoms with van der Waals surface area (Å²) in [5.41, 5.74) is 13.3. The van der Waals surface area contributed by atoms with E-state index in [0.29, 0.717) is 0 Å². The highest BCUT2D eigenvalue weighted by Crippen LogP contribution is 2.38. The van der Waals surface area contributed by atoms with Crippen molar-refractivity contribution < 1.29 is 4.74 Å². The number of aryl methyl sites for hydroxylation is 1. The highest BCUT2D eigenvalue weighted by atomic mass is 16.5. The predicted octanol–water partition coefficient (Wildman–Crippen LogP) is 8.01. The van der Waals surface area contributed by atoms with Crippen LogP contribution in [0.15, 0.2) is 146 Å². The molecule has 2 aliphatic heterocycles. The summed E-state index contributed by atoms with van der Waals surface area (Å²) in [6.07, 6.45) is 2.26. The lowest BCUT2D eigenvalue weighted by Crippen LogP contribution is -2.58. The van der Waals surface area contributed by atoms with E-state index in [1.165, 1.54) is 38.5 Å². The van der Waals surface area contributed by atoms with Crippen molar-refractivity contribution in [2.75, 3.05) is 4.90 Å². The van der Waals surface area contributed by atoms with Crippen LogP contribution in [-0.2, 0) is 0 Å². The molecule has 202 valence electrons. The number of para-hydroxylation sites is 3. The van der Waals surface area contributed by atoms with E-state index in [1.54, 1.807) is 0 Å². The van der Waals surface area contributed by atoms with Crippen molar-refractivity contribution in [2.24, 2.45) is 0 Å². The largest absolute Gasteiger partial charge is 0.458 e. The fraction of sp³-hybridized carbons (Fsp3) is 0.0256. The van der Waals surface area contributed by atoms with E-state index in [2.05, 4.69) is 162 Å². The number of aromatic nitrogens is 1. The van der Waals surface area contributed by atoms with Crippen LogP contribution in [0.1, 0.15) is 5.56 Å². The first-order valence-corrected chi connectivity index (χ1v) is 14.8. The van der Waals surface area contributed by atoms with Crippen LogP contribution in [-0.4, -0.2) is 11.3 Å². The van der Waals surface area contributed by atoms with Crippen molar-refractivity contribution in [3.8, 4) is 28.3 Å². The van der Waals surface area contributed by atoms with E-state index in [-0.39, 0.29) is 6.71 Å². The Bertz CT molecular complexity index is 2150. The van der Waals surface area contributed by atoms with Gasteiger partial charge in [-0.1, -0.05) is 84.9 Å². The SMILES string of the molecule is Cc1cn2c3c(cccc13)B1c3ccc(-c4cccc(N(c5ccccc5)c5ccccc5)c4)cc3Oc3cccc-2c31. The lowest BCUT2D eigenvalue weighted by Gasteiger charge is -2.33. The van der Waals surface area contributed by atoms with Gasteiger partial charge in [-0.3, -0.25) is 0 Å².